The van der Waals surface area contributed by atoms with Crippen molar-refractivity contribution >= 4 is 27.3 Å². The summed E-state index contributed by atoms with van der Waals surface area (Å²) in [5.74, 6) is -0.901. The largest absolute Gasteiger partial charge is 0.351 e. The van der Waals surface area contributed by atoms with Gasteiger partial charge in [0.25, 0.3) is 0 Å². The van der Waals surface area contributed by atoms with E-state index in [1.165, 1.54) is 11.0 Å². The molecule has 0 aliphatic carbocycles. The lowest BCUT2D eigenvalue weighted by Gasteiger charge is -2.31. The molecule has 3 rings (SSSR count). The number of rotatable bonds is 6. The number of fused-ring (bicyclic) bond motifs is 1. The Labute approximate surface area is 164 Å². The standard InChI is InChI=1S/C19H26FN3O4S/c1-2-22(11-17(24)21-15-8-10-28(26,27)13-15)12-18(25)23-9-4-6-14-5-3-7-16(20)19(14)23/h3,5,7,15H,2,4,6,8-13H2,1H3,(H,21,24)/t15-/m0/s1. The number of amides is 2. The zero-order valence-electron chi connectivity index (χ0n) is 16.0. The molecule has 1 aromatic rings. The molecule has 1 aromatic carbocycles. The number of nitrogens with one attached hydrogen (secondary N) is 1. The van der Waals surface area contributed by atoms with E-state index in [1.54, 1.807) is 11.0 Å². The number of carbonyl (C=O) groups is 2. The van der Waals surface area contributed by atoms with Gasteiger partial charge in [-0.2, -0.15) is 0 Å². The highest BCUT2D eigenvalue weighted by atomic mass is 32.2. The average molecular weight is 411 g/mol. The first-order chi connectivity index (χ1) is 13.3. The van der Waals surface area contributed by atoms with Crippen molar-refractivity contribution in [3.8, 4) is 0 Å². The van der Waals surface area contributed by atoms with Crippen LogP contribution in [-0.2, 0) is 25.8 Å². The lowest BCUT2D eigenvalue weighted by Crippen LogP contribution is -2.47. The molecule has 1 atom stereocenters. The maximum absolute atomic E-state index is 14.3. The third kappa shape index (κ3) is 4.88. The summed E-state index contributed by atoms with van der Waals surface area (Å²) in [7, 11) is -3.07. The van der Waals surface area contributed by atoms with Gasteiger partial charge in [-0.1, -0.05) is 19.1 Å². The Morgan fingerprint density at radius 2 is 2.11 bits per heavy atom. The molecule has 9 heteroatoms. The zero-order valence-corrected chi connectivity index (χ0v) is 16.8. The van der Waals surface area contributed by atoms with Gasteiger partial charge in [-0.05, 0) is 37.4 Å². The number of benzene rings is 1. The van der Waals surface area contributed by atoms with Crippen LogP contribution >= 0.6 is 0 Å². The summed E-state index contributed by atoms with van der Waals surface area (Å²) in [6, 6.07) is 4.47. The molecule has 0 saturated carbocycles. The molecule has 7 nitrogen and oxygen atoms in total. The highest BCUT2D eigenvalue weighted by Crippen LogP contribution is 2.30. The number of carbonyl (C=O) groups excluding carboxylic acids is 2. The normalized spacial score (nSPS) is 20.8. The molecule has 0 bridgehead atoms. The number of halogens is 1. The molecule has 0 aromatic heterocycles. The maximum Gasteiger partial charge on any atom is 0.241 e. The van der Waals surface area contributed by atoms with Crippen LogP contribution in [0.25, 0.3) is 0 Å². The minimum Gasteiger partial charge on any atom is -0.351 e. The Morgan fingerprint density at radius 3 is 2.79 bits per heavy atom. The lowest BCUT2D eigenvalue weighted by atomic mass is 10.0. The Bertz CT molecular complexity index is 859. The first kappa shape index (κ1) is 20.7. The maximum atomic E-state index is 14.3. The van der Waals surface area contributed by atoms with E-state index in [9.17, 15) is 22.4 Å². The zero-order chi connectivity index (χ0) is 20.3. The Hall–Kier alpha value is -2.00. The quantitative estimate of drug-likeness (QED) is 0.746. The molecule has 2 aliphatic heterocycles. The summed E-state index contributed by atoms with van der Waals surface area (Å²) in [4.78, 5) is 28.2. The molecule has 1 saturated heterocycles. The topological polar surface area (TPSA) is 86.8 Å². The second-order valence-corrected chi connectivity index (χ2v) is 9.60. The van der Waals surface area contributed by atoms with Crippen molar-refractivity contribution in [1.82, 2.24) is 10.2 Å². The number of aryl methyl sites for hydroxylation is 1. The predicted molar refractivity (Wildman–Crippen MR) is 104 cm³/mol. The van der Waals surface area contributed by atoms with Crippen LogP contribution in [-0.4, -0.2) is 68.9 Å². The van der Waals surface area contributed by atoms with Gasteiger partial charge in [0.2, 0.25) is 11.8 Å². The summed E-state index contributed by atoms with van der Waals surface area (Å²) in [5.41, 5.74) is 1.17. The van der Waals surface area contributed by atoms with Crippen molar-refractivity contribution in [1.29, 1.82) is 0 Å². The van der Waals surface area contributed by atoms with E-state index in [1.807, 2.05) is 13.0 Å². The number of anilines is 1. The van der Waals surface area contributed by atoms with Crippen LogP contribution in [0, 0.1) is 5.82 Å². The fourth-order valence-corrected chi connectivity index (χ4v) is 5.47. The van der Waals surface area contributed by atoms with Crippen LogP contribution in [0.3, 0.4) is 0 Å². The minimum atomic E-state index is -3.07. The molecule has 2 amide bonds. The molecule has 0 unspecified atom stereocenters. The van der Waals surface area contributed by atoms with E-state index in [-0.39, 0.29) is 42.5 Å². The van der Waals surface area contributed by atoms with Crippen molar-refractivity contribution in [2.24, 2.45) is 0 Å². The first-order valence-electron chi connectivity index (χ1n) is 9.59. The van der Waals surface area contributed by atoms with E-state index in [0.717, 1.165) is 18.4 Å². The summed E-state index contributed by atoms with van der Waals surface area (Å²) in [6.45, 7) is 2.76. The van der Waals surface area contributed by atoms with Crippen LogP contribution in [0.4, 0.5) is 10.1 Å². The van der Waals surface area contributed by atoms with E-state index in [4.69, 9.17) is 0 Å². The van der Waals surface area contributed by atoms with Crippen LogP contribution < -0.4 is 10.2 Å². The summed E-state index contributed by atoms with van der Waals surface area (Å²) < 4.78 is 37.3. The SMILES string of the molecule is CCN(CC(=O)N[C@H]1CCS(=O)(=O)C1)CC(=O)N1CCCc2cccc(F)c21. The third-order valence-electron chi connectivity index (χ3n) is 5.24. The van der Waals surface area contributed by atoms with Gasteiger partial charge in [-0.25, -0.2) is 12.8 Å². The summed E-state index contributed by atoms with van der Waals surface area (Å²) in [5, 5.41) is 2.73. The van der Waals surface area contributed by atoms with Gasteiger partial charge in [0.05, 0.1) is 30.3 Å². The van der Waals surface area contributed by atoms with Crippen molar-refractivity contribution < 1.29 is 22.4 Å². The Kier molecular flexibility index (Phi) is 6.34. The molecular formula is C19H26FN3O4S. The van der Waals surface area contributed by atoms with E-state index >= 15 is 0 Å². The molecule has 28 heavy (non-hydrogen) atoms. The smallest absolute Gasteiger partial charge is 0.241 e. The molecule has 0 radical (unpaired) electrons. The fraction of sp³-hybridized carbons (Fsp3) is 0.579. The number of sulfone groups is 1. The summed E-state index contributed by atoms with van der Waals surface area (Å²) >= 11 is 0. The second kappa shape index (κ2) is 8.57. The van der Waals surface area contributed by atoms with Crippen LogP contribution in [0.2, 0.25) is 0 Å². The number of nitrogens with zero attached hydrogens (tertiary/aromatic N) is 2. The predicted octanol–water partition coefficient (Wildman–Crippen LogP) is 0.730. The van der Waals surface area contributed by atoms with Crippen molar-refractivity contribution in [2.45, 2.75) is 32.2 Å². The Morgan fingerprint density at radius 1 is 1.32 bits per heavy atom. The molecule has 1 fully saturated rings. The van der Waals surface area contributed by atoms with Crippen LogP contribution in [0.15, 0.2) is 18.2 Å². The highest BCUT2D eigenvalue weighted by molar-refractivity contribution is 7.91. The van der Waals surface area contributed by atoms with Crippen molar-refractivity contribution in [2.75, 3.05) is 42.6 Å². The number of hydrogen-bond donors (Lipinski definition) is 1. The molecule has 0 spiro atoms. The van der Waals surface area contributed by atoms with Gasteiger partial charge in [0.1, 0.15) is 5.82 Å². The lowest BCUT2D eigenvalue weighted by molar-refractivity contribution is -0.124. The monoisotopic (exact) mass is 411 g/mol. The molecule has 2 aliphatic rings. The van der Waals surface area contributed by atoms with Gasteiger partial charge in [0, 0.05) is 12.6 Å². The summed E-state index contributed by atoms with van der Waals surface area (Å²) in [6.07, 6.45) is 1.93. The molecular weight excluding hydrogens is 385 g/mol. The van der Waals surface area contributed by atoms with Gasteiger partial charge in [-0.3, -0.25) is 14.5 Å². The first-order valence-corrected chi connectivity index (χ1v) is 11.4. The Balaban J connectivity index is 1.59. The molecule has 1 N–H and O–H groups in total. The number of hydrogen-bond acceptors (Lipinski definition) is 5. The van der Waals surface area contributed by atoms with Crippen LogP contribution in [0.5, 0.6) is 0 Å². The molecule has 154 valence electrons. The molecule has 2 heterocycles. The van der Waals surface area contributed by atoms with Gasteiger partial charge in [0.15, 0.2) is 9.84 Å². The number of likely N-dealkylation sites (N-methyl/N-ethyl adjacent to an activating group) is 1. The fourth-order valence-electron chi connectivity index (χ4n) is 3.79. The van der Waals surface area contributed by atoms with Crippen molar-refractivity contribution in [3.05, 3.63) is 29.6 Å². The average Bonchev–Trinajstić information content (AvgIpc) is 2.99. The second-order valence-electron chi connectivity index (χ2n) is 7.37. The minimum absolute atomic E-state index is 0.000654. The van der Waals surface area contributed by atoms with E-state index in [0.29, 0.717) is 25.2 Å². The van der Waals surface area contributed by atoms with Gasteiger partial charge >= 0.3 is 0 Å². The third-order valence-corrected chi connectivity index (χ3v) is 7.01. The van der Waals surface area contributed by atoms with E-state index < -0.39 is 15.7 Å². The number of para-hydroxylation sites is 1. The van der Waals surface area contributed by atoms with Gasteiger partial charge < -0.3 is 10.2 Å². The van der Waals surface area contributed by atoms with E-state index in [2.05, 4.69) is 5.32 Å². The van der Waals surface area contributed by atoms with Gasteiger partial charge in [-0.15, -0.1) is 0 Å². The highest BCUT2D eigenvalue weighted by Gasteiger charge is 2.30. The van der Waals surface area contributed by atoms with Crippen LogP contribution in [0.1, 0.15) is 25.3 Å². The van der Waals surface area contributed by atoms with Crippen molar-refractivity contribution in [3.63, 3.8) is 0 Å².